The Balaban J connectivity index is 2.21. The highest BCUT2D eigenvalue weighted by Gasteiger charge is 2.24. The van der Waals surface area contributed by atoms with E-state index in [4.69, 9.17) is 4.74 Å². The molecule has 3 nitrogen and oxygen atoms in total. The Hall–Kier alpha value is -1.94. The highest BCUT2D eigenvalue weighted by atomic mass is 79.9. The van der Waals surface area contributed by atoms with Crippen molar-refractivity contribution in [1.82, 2.24) is 0 Å². The summed E-state index contributed by atoms with van der Waals surface area (Å²) in [6.45, 7) is 0. The van der Waals surface area contributed by atoms with Crippen LogP contribution in [0.4, 0.5) is 0 Å². The molecular weight excluding hydrogens is 332 g/mol. The molecule has 0 aliphatic carbocycles. The van der Waals surface area contributed by atoms with Gasteiger partial charge in [-0.2, -0.15) is 0 Å². The van der Waals surface area contributed by atoms with Crippen molar-refractivity contribution in [2.75, 3.05) is 7.11 Å². The van der Waals surface area contributed by atoms with E-state index in [1.165, 1.54) is 7.11 Å². The van der Waals surface area contributed by atoms with Crippen LogP contribution in [0, 0.1) is 0 Å². The van der Waals surface area contributed by atoms with Gasteiger partial charge in [0.15, 0.2) is 5.78 Å². The fourth-order valence-corrected chi connectivity index (χ4v) is 2.37. The van der Waals surface area contributed by atoms with E-state index in [0.717, 1.165) is 10.0 Å². The molecule has 0 unspecified atom stereocenters. The second-order valence-corrected chi connectivity index (χ2v) is 5.54. The van der Waals surface area contributed by atoms with Crippen LogP contribution >= 0.6 is 15.9 Å². The number of rotatable bonds is 5. The molecule has 0 bridgehead atoms. The van der Waals surface area contributed by atoms with E-state index in [1.807, 2.05) is 42.5 Å². The molecule has 0 aliphatic heterocycles. The van der Waals surface area contributed by atoms with Crippen molar-refractivity contribution in [2.24, 2.45) is 0 Å². The lowest BCUT2D eigenvalue weighted by molar-refractivity contribution is -0.142. The van der Waals surface area contributed by atoms with Gasteiger partial charge in [0.05, 0.1) is 13.0 Å². The minimum Gasteiger partial charge on any atom is -0.469 e. The first kappa shape index (κ1) is 15.4. The third-order valence-electron chi connectivity index (χ3n) is 3.24. The van der Waals surface area contributed by atoms with Gasteiger partial charge in [-0.3, -0.25) is 9.59 Å². The van der Waals surface area contributed by atoms with Crippen LogP contribution in [-0.4, -0.2) is 18.9 Å². The highest BCUT2D eigenvalue weighted by Crippen LogP contribution is 2.23. The summed E-state index contributed by atoms with van der Waals surface area (Å²) in [4.78, 5) is 24.3. The molecule has 0 amide bonds. The normalized spacial score (nSPS) is 11.7. The van der Waals surface area contributed by atoms with Crippen LogP contribution in [0.3, 0.4) is 0 Å². The van der Waals surface area contributed by atoms with Crippen LogP contribution in [0.5, 0.6) is 0 Å². The molecule has 0 saturated carbocycles. The van der Waals surface area contributed by atoms with Gasteiger partial charge in [0.25, 0.3) is 0 Å². The molecule has 0 radical (unpaired) electrons. The molecule has 1 atom stereocenters. The van der Waals surface area contributed by atoms with Gasteiger partial charge in [-0.25, -0.2) is 0 Å². The van der Waals surface area contributed by atoms with Gasteiger partial charge >= 0.3 is 5.97 Å². The Morgan fingerprint density at radius 2 is 1.67 bits per heavy atom. The molecule has 0 saturated heterocycles. The van der Waals surface area contributed by atoms with Crippen molar-refractivity contribution in [1.29, 1.82) is 0 Å². The van der Waals surface area contributed by atoms with E-state index in [-0.39, 0.29) is 12.2 Å². The lowest BCUT2D eigenvalue weighted by atomic mass is 9.91. The average Bonchev–Trinajstić information content (AvgIpc) is 2.53. The van der Waals surface area contributed by atoms with E-state index in [2.05, 4.69) is 15.9 Å². The first-order chi connectivity index (χ1) is 10.1. The van der Waals surface area contributed by atoms with Crippen LogP contribution in [0.2, 0.25) is 0 Å². The lowest BCUT2D eigenvalue weighted by Gasteiger charge is -2.14. The number of halogens is 1. The van der Waals surface area contributed by atoms with E-state index >= 15 is 0 Å². The summed E-state index contributed by atoms with van der Waals surface area (Å²) in [6.07, 6.45) is 0.0956. The van der Waals surface area contributed by atoms with Gasteiger partial charge in [-0.15, -0.1) is 0 Å². The largest absolute Gasteiger partial charge is 0.469 e. The monoisotopic (exact) mass is 346 g/mol. The van der Waals surface area contributed by atoms with E-state index in [0.29, 0.717) is 5.56 Å². The second-order valence-electron chi connectivity index (χ2n) is 4.62. The molecule has 0 heterocycles. The lowest BCUT2D eigenvalue weighted by Crippen LogP contribution is -2.18. The highest BCUT2D eigenvalue weighted by molar-refractivity contribution is 9.10. The molecule has 108 valence electrons. The fraction of sp³-hybridized carbons (Fsp3) is 0.176. The van der Waals surface area contributed by atoms with Crippen molar-refractivity contribution in [2.45, 2.75) is 12.3 Å². The number of methoxy groups -OCH3 is 1. The number of hydrogen-bond acceptors (Lipinski definition) is 3. The van der Waals surface area contributed by atoms with Crippen molar-refractivity contribution in [3.8, 4) is 0 Å². The quantitative estimate of drug-likeness (QED) is 0.607. The minimum atomic E-state index is -0.577. The number of ether oxygens (including phenoxy) is 1. The van der Waals surface area contributed by atoms with Crippen molar-refractivity contribution < 1.29 is 14.3 Å². The predicted molar refractivity (Wildman–Crippen MR) is 84.3 cm³/mol. The standard InChI is InChI=1S/C17H15BrO3/c1-21-17(20)15(12-5-3-2-4-6-12)11-16(19)13-7-9-14(18)10-8-13/h2-10,15H,11H2,1H3/t15-/m1/s1. The number of Topliss-reactive ketones (excluding diaryl/α,β-unsaturated/α-hetero) is 1. The Labute approximate surface area is 132 Å². The van der Waals surface area contributed by atoms with E-state index in [9.17, 15) is 9.59 Å². The number of carbonyl (C=O) groups is 2. The zero-order valence-corrected chi connectivity index (χ0v) is 13.2. The minimum absolute atomic E-state index is 0.0817. The average molecular weight is 347 g/mol. The van der Waals surface area contributed by atoms with Gasteiger partial charge < -0.3 is 4.74 Å². The summed E-state index contributed by atoms with van der Waals surface area (Å²) in [5, 5.41) is 0. The third-order valence-corrected chi connectivity index (χ3v) is 3.77. The van der Waals surface area contributed by atoms with Crippen molar-refractivity contribution in [3.63, 3.8) is 0 Å². The molecule has 2 aromatic carbocycles. The van der Waals surface area contributed by atoms with Gasteiger partial charge in [0.2, 0.25) is 0 Å². The summed E-state index contributed by atoms with van der Waals surface area (Å²) in [5.74, 6) is -1.05. The molecule has 2 rings (SSSR count). The summed E-state index contributed by atoms with van der Waals surface area (Å²) < 4.78 is 5.73. The smallest absolute Gasteiger partial charge is 0.313 e. The topological polar surface area (TPSA) is 43.4 Å². The van der Waals surface area contributed by atoms with Crippen LogP contribution in [-0.2, 0) is 9.53 Å². The first-order valence-electron chi connectivity index (χ1n) is 6.53. The van der Waals surface area contributed by atoms with Gasteiger partial charge in [-0.1, -0.05) is 58.4 Å². The summed E-state index contributed by atoms with van der Waals surface area (Å²) in [5.41, 5.74) is 1.37. The summed E-state index contributed by atoms with van der Waals surface area (Å²) in [7, 11) is 1.34. The molecule has 2 aromatic rings. The van der Waals surface area contributed by atoms with Gasteiger partial charge in [0, 0.05) is 16.5 Å². The fourth-order valence-electron chi connectivity index (χ4n) is 2.10. The van der Waals surface area contributed by atoms with E-state index < -0.39 is 11.9 Å². The summed E-state index contributed by atoms with van der Waals surface area (Å²) in [6, 6.07) is 16.3. The number of carbonyl (C=O) groups excluding carboxylic acids is 2. The number of benzene rings is 2. The predicted octanol–water partition coefficient (Wildman–Crippen LogP) is 3.98. The number of hydrogen-bond donors (Lipinski definition) is 0. The second kappa shape index (κ2) is 7.18. The molecule has 0 aromatic heterocycles. The Morgan fingerprint density at radius 1 is 1.05 bits per heavy atom. The summed E-state index contributed by atoms with van der Waals surface area (Å²) >= 11 is 3.33. The van der Waals surface area contributed by atoms with Crippen LogP contribution in [0.1, 0.15) is 28.3 Å². The zero-order chi connectivity index (χ0) is 15.2. The first-order valence-corrected chi connectivity index (χ1v) is 7.32. The maximum absolute atomic E-state index is 12.3. The Kier molecular flexibility index (Phi) is 5.28. The molecule has 21 heavy (non-hydrogen) atoms. The van der Waals surface area contributed by atoms with Gasteiger partial charge in [0.1, 0.15) is 0 Å². The number of ketones is 1. The van der Waals surface area contributed by atoms with E-state index in [1.54, 1.807) is 12.1 Å². The molecule has 0 aliphatic rings. The third kappa shape index (κ3) is 4.02. The Morgan fingerprint density at radius 3 is 2.24 bits per heavy atom. The van der Waals surface area contributed by atoms with Crippen molar-refractivity contribution in [3.05, 3.63) is 70.2 Å². The molecule has 0 fully saturated rings. The zero-order valence-electron chi connectivity index (χ0n) is 11.6. The van der Waals surface area contributed by atoms with Crippen LogP contribution in [0.15, 0.2) is 59.1 Å². The molecule has 0 N–H and O–H groups in total. The number of esters is 1. The van der Waals surface area contributed by atoms with Gasteiger partial charge in [-0.05, 0) is 17.7 Å². The van der Waals surface area contributed by atoms with Crippen molar-refractivity contribution >= 4 is 27.7 Å². The SMILES string of the molecule is COC(=O)[C@H](CC(=O)c1ccc(Br)cc1)c1ccccc1. The molecule has 4 heteroatoms. The Bertz CT molecular complexity index is 620. The molecule has 0 spiro atoms. The van der Waals surface area contributed by atoms with Crippen LogP contribution < -0.4 is 0 Å². The molecular formula is C17H15BrO3. The van der Waals surface area contributed by atoms with Crippen LogP contribution in [0.25, 0.3) is 0 Å². The maximum Gasteiger partial charge on any atom is 0.313 e. The maximum atomic E-state index is 12.3.